The van der Waals surface area contributed by atoms with Gasteiger partial charge in [-0.15, -0.1) is 0 Å². The molecule has 2 aromatic rings. The number of benzene rings is 2. The van der Waals surface area contributed by atoms with Crippen molar-refractivity contribution in [1.29, 1.82) is 0 Å². The number of nitrogens with one attached hydrogen (secondary N) is 1. The zero-order valence-electron chi connectivity index (χ0n) is 17.0. The van der Waals surface area contributed by atoms with Crippen LogP contribution in [-0.2, 0) is 0 Å². The van der Waals surface area contributed by atoms with Crippen LogP contribution in [0.5, 0.6) is 11.5 Å². The first-order valence-corrected chi connectivity index (χ1v) is 9.43. The molecule has 0 spiro atoms. The summed E-state index contributed by atoms with van der Waals surface area (Å²) < 4.78 is 10.6. The quantitative estimate of drug-likeness (QED) is 0.683. The molecule has 0 radical (unpaired) electrons. The SMILES string of the molecule is CCCCN(CC)c1ccc(C(=O)Nc2cc(OC)c(OC)cc2C)cc1. The van der Waals surface area contributed by atoms with Crippen molar-refractivity contribution in [2.45, 2.75) is 33.6 Å². The van der Waals surface area contributed by atoms with E-state index < -0.39 is 0 Å². The van der Waals surface area contributed by atoms with Crippen LogP contribution < -0.4 is 19.7 Å². The van der Waals surface area contributed by atoms with E-state index in [1.807, 2.05) is 37.3 Å². The molecular formula is C22H30N2O3. The van der Waals surface area contributed by atoms with E-state index in [0.717, 1.165) is 30.8 Å². The standard InChI is InChI=1S/C22H30N2O3/c1-6-8-13-24(7-2)18-11-9-17(10-12-18)22(25)23-19-15-21(27-5)20(26-4)14-16(19)3/h9-12,14-15H,6-8,13H2,1-5H3,(H,23,25). The topological polar surface area (TPSA) is 50.8 Å². The molecule has 5 nitrogen and oxygen atoms in total. The fourth-order valence-corrected chi connectivity index (χ4v) is 2.95. The maximum atomic E-state index is 12.6. The van der Waals surface area contributed by atoms with Gasteiger partial charge in [0.25, 0.3) is 5.91 Å². The Morgan fingerprint density at radius 3 is 2.22 bits per heavy atom. The molecule has 0 aromatic heterocycles. The van der Waals surface area contributed by atoms with E-state index in [1.165, 1.54) is 6.42 Å². The molecule has 0 aliphatic heterocycles. The van der Waals surface area contributed by atoms with E-state index in [4.69, 9.17) is 9.47 Å². The fraction of sp³-hybridized carbons (Fsp3) is 0.409. The van der Waals surface area contributed by atoms with Gasteiger partial charge in [0.05, 0.1) is 14.2 Å². The van der Waals surface area contributed by atoms with E-state index in [0.29, 0.717) is 22.7 Å². The minimum absolute atomic E-state index is 0.145. The molecule has 0 unspecified atom stereocenters. The number of nitrogens with zero attached hydrogens (tertiary/aromatic N) is 1. The molecule has 0 bridgehead atoms. The molecule has 0 saturated heterocycles. The van der Waals surface area contributed by atoms with Gasteiger partial charge in [-0.2, -0.15) is 0 Å². The molecule has 0 aliphatic rings. The number of rotatable bonds is 9. The van der Waals surface area contributed by atoms with Gasteiger partial charge in [-0.3, -0.25) is 4.79 Å². The minimum Gasteiger partial charge on any atom is -0.493 e. The number of carbonyl (C=O) groups is 1. The van der Waals surface area contributed by atoms with E-state index in [9.17, 15) is 4.79 Å². The first-order chi connectivity index (χ1) is 13.0. The van der Waals surface area contributed by atoms with Crippen molar-refractivity contribution < 1.29 is 14.3 Å². The van der Waals surface area contributed by atoms with Gasteiger partial charge in [-0.1, -0.05) is 13.3 Å². The highest BCUT2D eigenvalue weighted by Crippen LogP contribution is 2.33. The van der Waals surface area contributed by atoms with Crippen LogP contribution in [-0.4, -0.2) is 33.2 Å². The minimum atomic E-state index is -0.145. The second kappa shape index (κ2) is 9.86. The lowest BCUT2D eigenvalue weighted by Gasteiger charge is -2.23. The van der Waals surface area contributed by atoms with Crippen molar-refractivity contribution in [1.82, 2.24) is 0 Å². The van der Waals surface area contributed by atoms with Crippen LogP contribution in [0.25, 0.3) is 0 Å². The van der Waals surface area contributed by atoms with Crippen LogP contribution in [0.1, 0.15) is 42.6 Å². The van der Waals surface area contributed by atoms with E-state index in [1.54, 1.807) is 20.3 Å². The second-order valence-electron chi connectivity index (χ2n) is 6.46. The van der Waals surface area contributed by atoms with Crippen molar-refractivity contribution in [3.8, 4) is 11.5 Å². The van der Waals surface area contributed by atoms with Crippen molar-refractivity contribution >= 4 is 17.3 Å². The molecular weight excluding hydrogens is 340 g/mol. The van der Waals surface area contributed by atoms with Crippen LogP contribution in [0.3, 0.4) is 0 Å². The van der Waals surface area contributed by atoms with Crippen molar-refractivity contribution in [2.24, 2.45) is 0 Å². The van der Waals surface area contributed by atoms with Crippen molar-refractivity contribution in [2.75, 3.05) is 37.5 Å². The summed E-state index contributed by atoms with van der Waals surface area (Å²) in [5.74, 6) is 1.08. The van der Waals surface area contributed by atoms with Gasteiger partial charge in [-0.05, 0) is 56.2 Å². The Morgan fingerprint density at radius 1 is 1.04 bits per heavy atom. The van der Waals surface area contributed by atoms with Gasteiger partial charge in [0, 0.05) is 36.1 Å². The predicted octanol–water partition coefficient (Wildman–Crippen LogP) is 4.89. The Labute approximate surface area is 162 Å². The number of unbranched alkanes of at least 4 members (excludes halogenated alkanes) is 1. The summed E-state index contributed by atoms with van der Waals surface area (Å²) in [7, 11) is 3.17. The van der Waals surface area contributed by atoms with Gasteiger partial charge >= 0.3 is 0 Å². The molecule has 2 rings (SSSR count). The molecule has 27 heavy (non-hydrogen) atoms. The number of hydrogen-bond acceptors (Lipinski definition) is 4. The number of aryl methyl sites for hydroxylation is 1. The highest BCUT2D eigenvalue weighted by atomic mass is 16.5. The molecule has 0 atom stereocenters. The zero-order valence-corrected chi connectivity index (χ0v) is 17.0. The summed E-state index contributed by atoms with van der Waals surface area (Å²) in [6, 6.07) is 11.4. The Balaban J connectivity index is 2.14. The lowest BCUT2D eigenvalue weighted by Crippen LogP contribution is -2.23. The van der Waals surface area contributed by atoms with Gasteiger partial charge in [0.1, 0.15) is 0 Å². The summed E-state index contributed by atoms with van der Waals surface area (Å²) in [4.78, 5) is 15.0. The summed E-state index contributed by atoms with van der Waals surface area (Å²) in [6.07, 6.45) is 2.33. The third kappa shape index (κ3) is 5.16. The largest absolute Gasteiger partial charge is 0.493 e. The molecule has 2 aromatic carbocycles. The monoisotopic (exact) mass is 370 g/mol. The lowest BCUT2D eigenvalue weighted by atomic mass is 10.1. The normalized spacial score (nSPS) is 10.4. The first-order valence-electron chi connectivity index (χ1n) is 9.43. The second-order valence-corrected chi connectivity index (χ2v) is 6.46. The summed E-state index contributed by atoms with van der Waals surface area (Å²) in [6.45, 7) is 8.25. The summed E-state index contributed by atoms with van der Waals surface area (Å²) >= 11 is 0. The highest BCUT2D eigenvalue weighted by molar-refractivity contribution is 6.05. The molecule has 1 N–H and O–H groups in total. The van der Waals surface area contributed by atoms with Crippen LogP contribution in [0.15, 0.2) is 36.4 Å². The third-order valence-corrected chi connectivity index (χ3v) is 4.64. The molecule has 146 valence electrons. The summed E-state index contributed by atoms with van der Waals surface area (Å²) in [5, 5.41) is 2.96. The van der Waals surface area contributed by atoms with Gasteiger partial charge < -0.3 is 19.7 Å². The van der Waals surface area contributed by atoms with E-state index in [2.05, 4.69) is 24.1 Å². The summed E-state index contributed by atoms with van der Waals surface area (Å²) in [5.41, 5.74) is 3.39. The van der Waals surface area contributed by atoms with Crippen LogP contribution in [0, 0.1) is 6.92 Å². The maximum absolute atomic E-state index is 12.6. The van der Waals surface area contributed by atoms with Crippen LogP contribution >= 0.6 is 0 Å². The Bertz CT molecular complexity index is 757. The van der Waals surface area contributed by atoms with Crippen molar-refractivity contribution in [3.63, 3.8) is 0 Å². The number of hydrogen-bond donors (Lipinski definition) is 1. The van der Waals surface area contributed by atoms with E-state index >= 15 is 0 Å². The van der Waals surface area contributed by atoms with Crippen molar-refractivity contribution in [3.05, 3.63) is 47.5 Å². The number of amides is 1. The molecule has 1 amide bonds. The number of anilines is 2. The molecule has 0 heterocycles. The van der Waals surface area contributed by atoms with Gasteiger partial charge in [0.15, 0.2) is 11.5 Å². The Hall–Kier alpha value is -2.69. The average molecular weight is 370 g/mol. The predicted molar refractivity (Wildman–Crippen MR) is 111 cm³/mol. The molecule has 0 fully saturated rings. The lowest BCUT2D eigenvalue weighted by molar-refractivity contribution is 0.102. The number of methoxy groups -OCH3 is 2. The van der Waals surface area contributed by atoms with Crippen LogP contribution in [0.2, 0.25) is 0 Å². The molecule has 0 saturated carbocycles. The van der Waals surface area contributed by atoms with Gasteiger partial charge in [0.2, 0.25) is 0 Å². The molecule has 0 aliphatic carbocycles. The number of carbonyl (C=O) groups excluding carboxylic acids is 1. The van der Waals surface area contributed by atoms with Crippen LogP contribution in [0.4, 0.5) is 11.4 Å². The Morgan fingerprint density at radius 2 is 1.67 bits per heavy atom. The smallest absolute Gasteiger partial charge is 0.255 e. The van der Waals surface area contributed by atoms with Gasteiger partial charge in [-0.25, -0.2) is 0 Å². The maximum Gasteiger partial charge on any atom is 0.255 e. The average Bonchev–Trinajstić information content (AvgIpc) is 2.70. The zero-order chi connectivity index (χ0) is 19.8. The highest BCUT2D eigenvalue weighted by Gasteiger charge is 2.13. The first kappa shape index (κ1) is 20.6. The Kier molecular flexibility index (Phi) is 7.53. The third-order valence-electron chi connectivity index (χ3n) is 4.64. The number of ether oxygens (including phenoxy) is 2. The molecule has 5 heteroatoms. The fourth-order valence-electron chi connectivity index (χ4n) is 2.95. The van der Waals surface area contributed by atoms with E-state index in [-0.39, 0.29) is 5.91 Å².